The van der Waals surface area contributed by atoms with Crippen molar-refractivity contribution in [1.82, 2.24) is 10.3 Å². The third-order valence-electron chi connectivity index (χ3n) is 3.52. The van der Waals surface area contributed by atoms with Crippen LogP contribution in [0.15, 0.2) is 48.0 Å². The number of hydrogen-bond donors (Lipinski definition) is 1. The maximum atomic E-state index is 12.4. The van der Waals surface area contributed by atoms with Gasteiger partial charge in [-0.05, 0) is 42.8 Å². The average Bonchev–Trinajstić information content (AvgIpc) is 3.02. The Morgan fingerprint density at radius 3 is 2.88 bits per heavy atom. The highest BCUT2D eigenvalue weighted by Gasteiger charge is 2.14. The van der Waals surface area contributed by atoms with E-state index in [2.05, 4.69) is 15.0 Å². The lowest BCUT2D eigenvalue weighted by atomic mass is 10.1. The fourth-order valence-corrected chi connectivity index (χ4v) is 3.04. The van der Waals surface area contributed by atoms with E-state index in [0.717, 1.165) is 10.2 Å². The molecule has 4 nitrogen and oxygen atoms in total. The fraction of sp³-hybridized carbons (Fsp3) is 0.176. The number of hydrogen-bond acceptors (Lipinski definition) is 4. The highest BCUT2D eigenvalue weighted by atomic mass is 32.1. The Bertz CT molecular complexity index is 866. The number of ether oxygens (including phenoxy) is 1. The molecule has 24 heavy (non-hydrogen) atoms. The fourth-order valence-electron chi connectivity index (χ4n) is 2.32. The van der Waals surface area contributed by atoms with Gasteiger partial charge in [0.05, 0.1) is 21.8 Å². The number of halogens is 2. The van der Waals surface area contributed by atoms with Crippen LogP contribution >= 0.6 is 11.3 Å². The summed E-state index contributed by atoms with van der Waals surface area (Å²) in [5.41, 5.74) is 3.78. The Hall–Kier alpha value is -2.54. The molecule has 124 valence electrons. The van der Waals surface area contributed by atoms with Crippen molar-refractivity contribution in [3.05, 3.63) is 59.1 Å². The molecular weight excluding hydrogens is 334 g/mol. The molecule has 0 spiro atoms. The molecule has 7 heteroatoms. The van der Waals surface area contributed by atoms with Gasteiger partial charge >= 0.3 is 6.61 Å². The number of aromatic nitrogens is 1. The Balaban J connectivity index is 1.73. The molecule has 0 aliphatic carbocycles. The van der Waals surface area contributed by atoms with E-state index in [0.29, 0.717) is 11.1 Å². The molecule has 3 rings (SSSR count). The van der Waals surface area contributed by atoms with Crippen molar-refractivity contribution in [3.8, 4) is 5.75 Å². The maximum absolute atomic E-state index is 12.4. The number of carbonyl (C=O) groups is 1. The topological polar surface area (TPSA) is 51.2 Å². The molecule has 1 atom stereocenters. The molecule has 1 heterocycles. The summed E-state index contributed by atoms with van der Waals surface area (Å²) in [6.45, 7) is -1.10. The first-order valence-corrected chi connectivity index (χ1v) is 8.10. The molecular formula is C17H14F2N2O2S. The van der Waals surface area contributed by atoms with Gasteiger partial charge in [-0.25, -0.2) is 4.98 Å². The Morgan fingerprint density at radius 1 is 1.25 bits per heavy atom. The first-order chi connectivity index (χ1) is 11.5. The summed E-state index contributed by atoms with van der Waals surface area (Å²) in [4.78, 5) is 16.6. The number of nitrogens with one attached hydrogen (secondary N) is 1. The lowest BCUT2D eigenvalue weighted by Gasteiger charge is -2.15. The Morgan fingerprint density at radius 2 is 2.08 bits per heavy atom. The second-order valence-corrected chi connectivity index (χ2v) is 6.07. The third-order valence-corrected chi connectivity index (χ3v) is 4.32. The van der Waals surface area contributed by atoms with Crippen molar-refractivity contribution in [2.75, 3.05) is 0 Å². The minimum absolute atomic E-state index is 0.0645. The van der Waals surface area contributed by atoms with Crippen molar-refractivity contribution in [2.24, 2.45) is 0 Å². The minimum atomic E-state index is -2.88. The summed E-state index contributed by atoms with van der Waals surface area (Å²) in [7, 11) is 0. The molecule has 0 radical (unpaired) electrons. The van der Waals surface area contributed by atoms with Crippen LogP contribution in [-0.2, 0) is 0 Å². The van der Waals surface area contributed by atoms with E-state index in [1.807, 2.05) is 0 Å². The molecule has 1 N–H and O–H groups in total. The minimum Gasteiger partial charge on any atom is -0.435 e. The molecule has 0 fully saturated rings. The van der Waals surface area contributed by atoms with E-state index in [-0.39, 0.29) is 17.7 Å². The molecule has 0 aliphatic heterocycles. The van der Waals surface area contributed by atoms with Gasteiger partial charge in [0.25, 0.3) is 5.91 Å². The monoisotopic (exact) mass is 348 g/mol. The van der Waals surface area contributed by atoms with Crippen molar-refractivity contribution < 1.29 is 18.3 Å². The number of rotatable bonds is 5. The van der Waals surface area contributed by atoms with Crippen LogP contribution in [0.5, 0.6) is 5.75 Å². The summed E-state index contributed by atoms with van der Waals surface area (Å²) in [6, 6.07) is 11.2. The predicted molar refractivity (Wildman–Crippen MR) is 88.6 cm³/mol. The molecule has 1 unspecified atom stereocenters. The van der Waals surface area contributed by atoms with Gasteiger partial charge in [0.1, 0.15) is 5.75 Å². The van der Waals surface area contributed by atoms with Gasteiger partial charge in [0.2, 0.25) is 0 Å². The lowest BCUT2D eigenvalue weighted by molar-refractivity contribution is -0.0499. The molecule has 0 aliphatic rings. The van der Waals surface area contributed by atoms with Crippen LogP contribution in [0, 0.1) is 0 Å². The second-order valence-electron chi connectivity index (χ2n) is 5.18. The molecule has 1 amide bonds. The SMILES string of the molecule is CC(NC(=O)c1ccc2ncsc2c1)c1cccc(OC(F)F)c1. The molecule has 0 saturated heterocycles. The van der Waals surface area contributed by atoms with Crippen molar-refractivity contribution in [2.45, 2.75) is 19.6 Å². The zero-order chi connectivity index (χ0) is 17.1. The summed E-state index contributed by atoms with van der Waals surface area (Å²) in [5, 5.41) is 2.85. The molecule has 1 aromatic heterocycles. The molecule has 2 aromatic carbocycles. The van der Waals surface area contributed by atoms with Crippen LogP contribution in [0.2, 0.25) is 0 Å². The Kier molecular flexibility index (Phi) is 4.71. The normalized spacial score (nSPS) is 12.3. The van der Waals surface area contributed by atoms with Crippen molar-refractivity contribution in [1.29, 1.82) is 0 Å². The maximum Gasteiger partial charge on any atom is 0.387 e. The van der Waals surface area contributed by atoms with Crippen LogP contribution in [0.4, 0.5) is 8.78 Å². The van der Waals surface area contributed by atoms with Crippen LogP contribution in [0.1, 0.15) is 28.9 Å². The van der Waals surface area contributed by atoms with E-state index in [9.17, 15) is 13.6 Å². The van der Waals surface area contributed by atoms with Crippen molar-refractivity contribution in [3.63, 3.8) is 0 Å². The van der Waals surface area contributed by atoms with Crippen molar-refractivity contribution >= 4 is 27.5 Å². The average molecular weight is 348 g/mol. The molecule has 0 bridgehead atoms. The smallest absolute Gasteiger partial charge is 0.387 e. The van der Waals surface area contributed by atoms with E-state index in [1.165, 1.54) is 23.5 Å². The van der Waals surface area contributed by atoms with E-state index < -0.39 is 6.61 Å². The highest BCUT2D eigenvalue weighted by Crippen LogP contribution is 2.22. The number of benzene rings is 2. The third kappa shape index (κ3) is 3.68. The van der Waals surface area contributed by atoms with Gasteiger partial charge in [-0.1, -0.05) is 12.1 Å². The van der Waals surface area contributed by atoms with Gasteiger partial charge in [-0.15, -0.1) is 11.3 Å². The molecule has 0 saturated carbocycles. The summed E-state index contributed by atoms with van der Waals surface area (Å²) in [5.74, 6) is -0.173. The number of nitrogens with zero attached hydrogens (tertiary/aromatic N) is 1. The standard InChI is InChI=1S/C17H14F2N2O2S/c1-10(11-3-2-4-13(7-11)23-17(18)19)21-16(22)12-5-6-14-15(8-12)24-9-20-14/h2-10,17H,1H3,(H,21,22). The first kappa shape index (κ1) is 16.3. The second kappa shape index (κ2) is 6.92. The van der Waals surface area contributed by atoms with E-state index in [1.54, 1.807) is 42.8 Å². The number of fused-ring (bicyclic) bond motifs is 1. The van der Waals surface area contributed by atoms with E-state index >= 15 is 0 Å². The van der Waals surface area contributed by atoms with Gasteiger partial charge < -0.3 is 10.1 Å². The summed E-state index contributed by atoms with van der Waals surface area (Å²) >= 11 is 1.46. The predicted octanol–water partition coefficient (Wildman–Crippen LogP) is 4.39. The van der Waals surface area contributed by atoms with Gasteiger partial charge in [0, 0.05) is 5.56 Å². The van der Waals surface area contributed by atoms with Gasteiger partial charge in [-0.3, -0.25) is 4.79 Å². The number of carbonyl (C=O) groups excluding carboxylic acids is 1. The van der Waals surface area contributed by atoms with E-state index in [4.69, 9.17) is 0 Å². The highest BCUT2D eigenvalue weighted by molar-refractivity contribution is 7.16. The van der Waals surface area contributed by atoms with Crippen LogP contribution in [0.25, 0.3) is 10.2 Å². The van der Waals surface area contributed by atoms with Crippen LogP contribution < -0.4 is 10.1 Å². The zero-order valence-electron chi connectivity index (χ0n) is 12.7. The first-order valence-electron chi connectivity index (χ1n) is 7.22. The largest absolute Gasteiger partial charge is 0.435 e. The lowest BCUT2D eigenvalue weighted by Crippen LogP contribution is -2.26. The summed E-state index contributed by atoms with van der Waals surface area (Å²) < 4.78 is 29.9. The van der Waals surface area contributed by atoms with Crippen LogP contribution in [-0.4, -0.2) is 17.5 Å². The van der Waals surface area contributed by atoms with Gasteiger partial charge in [-0.2, -0.15) is 8.78 Å². The Labute approximate surface area is 141 Å². The summed E-state index contributed by atoms with van der Waals surface area (Å²) in [6.07, 6.45) is 0. The quantitative estimate of drug-likeness (QED) is 0.744. The number of alkyl halides is 2. The van der Waals surface area contributed by atoms with Crippen LogP contribution in [0.3, 0.4) is 0 Å². The molecule has 3 aromatic rings. The zero-order valence-corrected chi connectivity index (χ0v) is 13.5. The number of thiazole rings is 1. The van der Waals surface area contributed by atoms with Gasteiger partial charge in [0.15, 0.2) is 0 Å². The number of amides is 1.